The van der Waals surface area contributed by atoms with Crippen molar-refractivity contribution in [2.75, 3.05) is 24.5 Å². The number of carbonyl (C=O) groups excluding carboxylic acids is 2. The van der Waals surface area contributed by atoms with Crippen molar-refractivity contribution < 1.29 is 9.59 Å². The molecule has 0 aromatic carbocycles. The van der Waals surface area contributed by atoms with Crippen LogP contribution >= 0.6 is 0 Å². The van der Waals surface area contributed by atoms with Gasteiger partial charge in [0.25, 0.3) is 0 Å². The Balaban J connectivity index is 1.63. The lowest BCUT2D eigenvalue weighted by Crippen LogP contribution is -2.65. The SMILES string of the molecule is CC(C)(C)C(=O)N1CCC2(CC1)CN(c1cccnc1)C2=O. The van der Waals surface area contributed by atoms with E-state index in [-0.39, 0.29) is 22.6 Å². The lowest BCUT2D eigenvalue weighted by Gasteiger charge is -2.52. The molecule has 0 unspecified atom stereocenters. The van der Waals surface area contributed by atoms with Gasteiger partial charge in [-0.15, -0.1) is 0 Å². The second-order valence-corrected chi connectivity index (χ2v) is 7.43. The Labute approximate surface area is 131 Å². The first-order valence-corrected chi connectivity index (χ1v) is 7.85. The van der Waals surface area contributed by atoms with Gasteiger partial charge in [-0.1, -0.05) is 20.8 Å². The third-order valence-corrected chi connectivity index (χ3v) is 4.77. The van der Waals surface area contributed by atoms with Crippen LogP contribution in [0.2, 0.25) is 0 Å². The number of amides is 2. The van der Waals surface area contributed by atoms with E-state index in [0.29, 0.717) is 13.1 Å². The fourth-order valence-corrected chi connectivity index (χ4v) is 3.34. The predicted molar refractivity (Wildman–Crippen MR) is 84.3 cm³/mol. The Morgan fingerprint density at radius 3 is 2.45 bits per heavy atom. The van der Waals surface area contributed by atoms with Gasteiger partial charge in [-0.2, -0.15) is 0 Å². The number of rotatable bonds is 1. The molecular formula is C17H23N3O2. The standard InChI is InChI=1S/C17H23N3O2/c1-16(2,3)14(21)19-9-6-17(7-10-19)12-20(15(17)22)13-5-4-8-18-11-13/h4-5,8,11H,6-7,9-10,12H2,1-3H3. The van der Waals surface area contributed by atoms with Gasteiger partial charge in [0, 0.05) is 31.2 Å². The summed E-state index contributed by atoms with van der Waals surface area (Å²) in [4.78, 5) is 32.7. The molecule has 118 valence electrons. The summed E-state index contributed by atoms with van der Waals surface area (Å²) < 4.78 is 0. The smallest absolute Gasteiger partial charge is 0.235 e. The van der Waals surface area contributed by atoms with Crippen LogP contribution in [0, 0.1) is 10.8 Å². The van der Waals surface area contributed by atoms with E-state index in [2.05, 4.69) is 4.98 Å². The van der Waals surface area contributed by atoms with E-state index in [1.54, 1.807) is 17.3 Å². The molecule has 1 aromatic heterocycles. The zero-order chi connectivity index (χ0) is 16.0. The van der Waals surface area contributed by atoms with Gasteiger partial charge in [-0.05, 0) is 25.0 Å². The Morgan fingerprint density at radius 1 is 1.27 bits per heavy atom. The van der Waals surface area contributed by atoms with Crippen molar-refractivity contribution >= 4 is 17.5 Å². The van der Waals surface area contributed by atoms with Gasteiger partial charge in [-0.3, -0.25) is 14.6 Å². The van der Waals surface area contributed by atoms with Crippen LogP contribution in [0.3, 0.4) is 0 Å². The van der Waals surface area contributed by atoms with Crippen LogP contribution in [-0.4, -0.2) is 41.3 Å². The maximum atomic E-state index is 12.6. The lowest BCUT2D eigenvalue weighted by molar-refractivity contribution is -0.148. The summed E-state index contributed by atoms with van der Waals surface area (Å²) in [6.07, 6.45) is 4.97. The predicted octanol–water partition coefficient (Wildman–Crippen LogP) is 2.08. The molecule has 0 N–H and O–H groups in total. The first-order valence-electron chi connectivity index (χ1n) is 7.85. The van der Waals surface area contributed by atoms with E-state index in [0.717, 1.165) is 25.1 Å². The molecular weight excluding hydrogens is 278 g/mol. The van der Waals surface area contributed by atoms with E-state index in [1.807, 2.05) is 37.8 Å². The van der Waals surface area contributed by atoms with Gasteiger partial charge < -0.3 is 9.80 Å². The van der Waals surface area contributed by atoms with Crippen LogP contribution in [0.15, 0.2) is 24.5 Å². The minimum Gasteiger partial charge on any atom is -0.342 e. The maximum Gasteiger partial charge on any atom is 0.235 e. The van der Waals surface area contributed by atoms with E-state index in [1.165, 1.54) is 0 Å². The van der Waals surface area contributed by atoms with Crippen molar-refractivity contribution in [3.63, 3.8) is 0 Å². The minimum absolute atomic E-state index is 0.179. The molecule has 5 heteroatoms. The number of nitrogens with zero attached hydrogens (tertiary/aromatic N) is 3. The highest BCUT2D eigenvalue weighted by Gasteiger charge is 2.54. The normalized spacial score (nSPS) is 21.0. The number of likely N-dealkylation sites (tertiary alicyclic amines) is 1. The highest BCUT2D eigenvalue weighted by Crippen LogP contribution is 2.44. The Kier molecular flexibility index (Phi) is 3.46. The van der Waals surface area contributed by atoms with Crippen molar-refractivity contribution in [1.29, 1.82) is 0 Å². The van der Waals surface area contributed by atoms with E-state index in [9.17, 15) is 9.59 Å². The molecule has 1 spiro atoms. The van der Waals surface area contributed by atoms with Gasteiger partial charge in [0.2, 0.25) is 11.8 Å². The number of piperidine rings is 1. The molecule has 0 aliphatic carbocycles. The molecule has 22 heavy (non-hydrogen) atoms. The second-order valence-electron chi connectivity index (χ2n) is 7.43. The Hall–Kier alpha value is -1.91. The molecule has 3 heterocycles. The van der Waals surface area contributed by atoms with E-state index in [4.69, 9.17) is 0 Å². The summed E-state index contributed by atoms with van der Waals surface area (Å²) in [5.74, 6) is 0.363. The quantitative estimate of drug-likeness (QED) is 0.746. The number of hydrogen-bond acceptors (Lipinski definition) is 3. The van der Waals surface area contributed by atoms with Crippen LogP contribution < -0.4 is 4.90 Å². The van der Waals surface area contributed by atoms with Crippen molar-refractivity contribution in [2.24, 2.45) is 10.8 Å². The topological polar surface area (TPSA) is 53.5 Å². The molecule has 5 nitrogen and oxygen atoms in total. The van der Waals surface area contributed by atoms with Gasteiger partial charge in [0.15, 0.2) is 0 Å². The molecule has 2 aliphatic rings. The molecule has 0 bridgehead atoms. The summed E-state index contributed by atoms with van der Waals surface area (Å²) in [6.45, 7) is 7.94. The first kappa shape index (κ1) is 15.0. The fourth-order valence-electron chi connectivity index (χ4n) is 3.34. The maximum absolute atomic E-state index is 12.6. The monoisotopic (exact) mass is 301 g/mol. The zero-order valence-electron chi connectivity index (χ0n) is 13.5. The van der Waals surface area contributed by atoms with Crippen molar-refractivity contribution in [1.82, 2.24) is 9.88 Å². The molecule has 1 aromatic rings. The van der Waals surface area contributed by atoms with Crippen LogP contribution in [0.25, 0.3) is 0 Å². The Bertz CT molecular complexity index is 584. The summed E-state index contributed by atoms with van der Waals surface area (Å²) in [5.41, 5.74) is 0.256. The average molecular weight is 301 g/mol. The lowest BCUT2D eigenvalue weighted by atomic mass is 9.70. The Morgan fingerprint density at radius 2 is 1.95 bits per heavy atom. The highest BCUT2D eigenvalue weighted by molar-refractivity contribution is 6.04. The summed E-state index contributed by atoms with van der Waals surface area (Å²) in [6, 6.07) is 3.76. The van der Waals surface area contributed by atoms with Gasteiger partial charge in [0.05, 0.1) is 17.3 Å². The number of hydrogen-bond donors (Lipinski definition) is 0. The molecule has 2 aliphatic heterocycles. The molecule has 3 rings (SSSR count). The molecule has 2 fully saturated rings. The zero-order valence-corrected chi connectivity index (χ0v) is 13.5. The molecule has 0 saturated carbocycles. The summed E-state index contributed by atoms with van der Waals surface area (Å²) in [5, 5.41) is 0. The molecule has 2 amide bonds. The molecule has 0 atom stereocenters. The third-order valence-electron chi connectivity index (χ3n) is 4.77. The minimum atomic E-state index is -0.351. The van der Waals surface area contributed by atoms with Crippen molar-refractivity contribution in [3.05, 3.63) is 24.5 Å². The van der Waals surface area contributed by atoms with Crippen LogP contribution in [0.1, 0.15) is 33.6 Å². The average Bonchev–Trinajstić information content (AvgIpc) is 2.52. The summed E-state index contributed by atoms with van der Waals surface area (Å²) in [7, 11) is 0. The number of carbonyl (C=O) groups is 2. The second kappa shape index (κ2) is 5.07. The third kappa shape index (κ3) is 2.38. The van der Waals surface area contributed by atoms with Crippen LogP contribution in [-0.2, 0) is 9.59 Å². The van der Waals surface area contributed by atoms with E-state index < -0.39 is 0 Å². The number of β-lactam (4-membered cyclic amide) rings is 1. The molecule has 2 saturated heterocycles. The largest absolute Gasteiger partial charge is 0.342 e. The first-order chi connectivity index (χ1) is 10.3. The van der Waals surface area contributed by atoms with Crippen molar-refractivity contribution in [3.8, 4) is 0 Å². The van der Waals surface area contributed by atoms with Crippen molar-refractivity contribution in [2.45, 2.75) is 33.6 Å². The fraction of sp³-hybridized carbons (Fsp3) is 0.588. The van der Waals surface area contributed by atoms with Gasteiger partial charge >= 0.3 is 0 Å². The van der Waals surface area contributed by atoms with E-state index >= 15 is 0 Å². The summed E-state index contributed by atoms with van der Waals surface area (Å²) >= 11 is 0. The molecule has 0 radical (unpaired) electrons. The van der Waals surface area contributed by atoms with Crippen LogP contribution in [0.4, 0.5) is 5.69 Å². The number of anilines is 1. The highest BCUT2D eigenvalue weighted by atomic mass is 16.2. The number of aromatic nitrogens is 1. The number of pyridine rings is 1. The van der Waals surface area contributed by atoms with Gasteiger partial charge in [-0.25, -0.2) is 0 Å². The van der Waals surface area contributed by atoms with Crippen LogP contribution in [0.5, 0.6) is 0 Å². The van der Waals surface area contributed by atoms with Gasteiger partial charge in [0.1, 0.15) is 0 Å².